The Morgan fingerprint density at radius 1 is 1.36 bits per heavy atom. The fourth-order valence-electron chi connectivity index (χ4n) is 1.11. The molecule has 1 aliphatic rings. The number of sulfonamides is 1. The molecule has 14 heavy (non-hydrogen) atoms. The van der Waals surface area contributed by atoms with E-state index in [1.54, 1.807) is 0 Å². The van der Waals surface area contributed by atoms with Crippen LogP contribution in [0.3, 0.4) is 0 Å². The van der Waals surface area contributed by atoms with Crippen LogP contribution in [-0.2, 0) is 10.0 Å². The first-order valence-electron chi connectivity index (χ1n) is 4.64. The molecule has 0 amide bonds. The zero-order valence-electron chi connectivity index (χ0n) is 8.09. The molecule has 0 radical (unpaired) electrons. The Morgan fingerprint density at radius 2 is 1.86 bits per heavy atom. The van der Waals surface area contributed by atoms with Gasteiger partial charge in [0.05, 0.1) is 10.8 Å². The molecule has 0 unspecified atom stereocenters. The number of hydrogen-bond donors (Lipinski definition) is 1. The maximum atomic E-state index is 11.7. The summed E-state index contributed by atoms with van der Waals surface area (Å²) in [6, 6.07) is 0. The third-order valence-electron chi connectivity index (χ3n) is 2.51. The van der Waals surface area contributed by atoms with Crippen LogP contribution in [0.15, 0.2) is 0 Å². The summed E-state index contributed by atoms with van der Waals surface area (Å²) in [5.74, 6) is 0.415. The van der Waals surface area contributed by atoms with Gasteiger partial charge in [-0.2, -0.15) is 0 Å². The molecular formula is C8H15Cl2NO2S. The molecule has 1 saturated carbocycles. The first-order chi connectivity index (χ1) is 6.49. The van der Waals surface area contributed by atoms with Crippen LogP contribution >= 0.6 is 23.2 Å². The number of nitrogens with one attached hydrogen (secondary N) is 1. The van der Waals surface area contributed by atoms with Crippen molar-refractivity contribution in [2.75, 3.05) is 11.8 Å². The smallest absolute Gasteiger partial charge is 0.212 e. The maximum Gasteiger partial charge on any atom is 0.215 e. The number of hydrogen-bond acceptors (Lipinski definition) is 2. The molecule has 0 aromatic heterocycles. The normalized spacial score (nSPS) is 18.5. The summed E-state index contributed by atoms with van der Waals surface area (Å²) in [7, 11) is -3.20. The molecule has 1 fully saturated rings. The summed E-state index contributed by atoms with van der Waals surface area (Å²) in [5, 5.41) is -0.222. The van der Waals surface area contributed by atoms with Crippen LogP contribution in [0.25, 0.3) is 0 Å². The van der Waals surface area contributed by atoms with Gasteiger partial charge < -0.3 is 0 Å². The highest BCUT2D eigenvalue weighted by Gasteiger charge is 2.41. The molecule has 1 rings (SSSR count). The van der Waals surface area contributed by atoms with Gasteiger partial charge in [0, 0.05) is 11.8 Å². The highest BCUT2D eigenvalue weighted by Crippen LogP contribution is 2.29. The number of alkyl halides is 2. The second-order valence-electron chi connectivity index (χ2n) is 3.75. The van der Waals surface area contributed by atoms with Crippen molar-refractivity contribution in [2.24, 2.45) is 0 Å². The largest absolute Gasteiger partial charge is 0.215 e. The van der Waals surface area contributed by atoms with Gasteiger partial charge in [-0.05, 0) is 19.3 Å². The monoisotopic (exact) mass is 259 g/mol. The van der Waals surface area contributed by atoms with E-state index in [9.17, 15) is 8.42 Å². The van der Waals surface area contributed by atoms with Gasteiger partial charge in [-0.15, -0.1) is 23.2 Å². The van der Waals surface area contributed by atoms with Gasteiger partial charge in [-0.1, -0.05) is 6.92 Å². The minimum absolute atomic E-state index is 0.207. The van der Waals surface area contributed by atoms with Crippen LogP contribution < -0.4 is 4.72 Å². The van der Waals surface area contributed by atoms with Crippen molar-refractivity contribution in [1.82, 2.24) is 4.72 Å². The molecule has 0 spiro atoms. The van der Waals surface area contributed by atoms with E-state index in [0.717, 1.165) is 12.8 Å². The van der Waals surface area contributed by atoms with Gasteiger partial charge in [-0.3, -0.25) is 0 Å². The van der Waals surface area contributed by atoms with Crippen molar-refractivity contribution >= 4 is 33.2 Å². The molecule has 3 nitrogen and oxygen atoms in total. The fraction of sp³-hybridized carbons (Fsp3) is 1.00. The average molecular weight is 260 g/mol. The lowest BCUT2D eigenvalue weighted by atomic mass is 10.0. The van der Waals surface area contributed by atoms with Gasteiger partial charge in [0.1, 0.15) is 0 Å². The molecule has 0 saturated heterocycles. The number of halogens is 2. The van der Waals surface area contributed by atoms with E-state index < -0.39 is 15.6 Å². The van der Waals surface area contributed by atoms with Crippen LogP contribution in [0.1, 0.15) is 26.2 Å². The van der Waals surface area contributed by atoms with Crippen molar-refractivity contribution in [1.29, 1.82) is 0 Å². The minimum atomic E-state index is -3.20. The third kappa shape index (κ3) is 2.75. The molecule has 0 aromatic rings. The van der Waals surface area contributed by atoms with E-state index in [1.165, 1.54) is 0 Å². The Kier molecular flexibility index (Phi) is 4.09. The molecular weight excluding hydrogens is 245 g/mol. The van der Waals surface area contributed by atoms with Gasteiger partial charge in [-0.25, -0.2) is 13.1 Å². The van der Waals surface area contributed by atoms with E-state index in [4.69, 9.17) is 23.2 Å². The van der Waals surface area contributed by atoms with Crippen LogP contribution in [0.5, 0.6) is 0 Å². The van der Waals surface area contributed by atoms with Crippen molar-refractivity contribution < 1.29 is 8.42 Å². The zero-order valence-corrected chi connectivity index (χ0v) is 10.4. The lowest BCUT2D eigenvalue weighted by molar-refractivity contribution is 0.449. The predicted octanol–water partition coefficient (Wildman–Crippen LogP) is 1.69. The molecule has 84 valence electrons. The van der Waals surface area contributed by atoms with Gasteiger partial charge in [0.25, 0.3) is 0 Å². The topological polar surface area (TPSA) is 46.2 Å². The average Bonchev–Trinajstić information content (AvgIpc) is 2.97. The van der Waals surface area contributed by atoms with Crippen LogP contribution in [0.4, 0.5) is 0 Å². The van der Waals surface area contributed by atoms with Crippen molar-refractivity contribution in [3.8, 4) is 0 Å². The van der Waals surface area contributed by atoms with Crippen molar-refractivity contribution in [3.63, 3.8) is 0 Å². The molecule has 1 N–H and O–H groups in total. The van der Waals surface area contributed by atoms with Crippen molar-refractivity contribution in [2.45, 2.75) is 37.0 Å². The molecule has 0 aliphatic heterocycles. The Morgan fingerprint density at radius 3 is 2.14 bits per heavy atom. The predicted molar refractivity (Wildman–Crippen MR) is 59.5 cm³/mol. The second-order valence-corrected chi connectivity index (χ2v) is 6.24. The quantitative estimate of drug-likeness (QED) is 0.739. The lowest BCUT2D eigenvalue weighted by Gasteiger charge is -2.29. The molecule has 0 aromatic carbocycles. The first kappa shape index (κ1) is 12.6. The lowest BCUT2D eigenvalue weighted by Crippen LogP contribution is -2.52. The summed E-state index contributed by atoms with van der Waals surface area (Å²) in [5.41, 5.74) is -0.676. The van der Waals surface area contributed by atoms with Gasteiger partial charge in [0.15, 0.2) is 0 Å². The Hall–Kier alpha value is 0.490. The fourth-order valence-corrected chi connectivity index (χ4v) is 3.89. The van der Waals surface area contributed by atoms with Crippen LogP contribution in [0, 0.1) is 0 Å². The van der Waals surface area contributed by atoms with E-state index >= 15 is 0 Å². The number of rotatable bonds is 6. The zero-order chi connectivity index (χ0) is 10.8. The Balaban J connectivity index is 2.72. The summed E-state index contributed by atoms with van der Waals surface area (Å²) >= 11 is 11.5. The summed E-state index contributed by atoms with van der Waals surface area (Å²) in [6.07, 6.45) is 2.10. The minimum Gasteiger partial charge on any atom is -0.212 e. The molecule has 0 atom stereocenters. The Labute approximate surface area is 95.2 Å². The first-order valence-corrected chi connectivity index (χ1v) is 7.26. The maximum absolute atomic E-state index is 11.7. The standard InChI is InChI=1S/C8H15Cl2NO2S/c1-2-8(5-9,6-10)11-14(12,13)7-3-4-7/h7,11H,2-6H2,1H3. The van der Waals surface area contributed by atoms with Crippen LogP contribution in [0.2, 0.25) is 0 Å². The van der Waals surface area contributed by atoms with E-state index in [0.29, 0.717) is 6.42 Å². The summed E-state index contributed by atoms with van der Waals surface area (Å²) in [6.45, 7) is 1.88. The SMILES string of the molecule is CCC(CCl)(CCl)NS(=O)(=O)C1CC1. The van der Waals surface area contributed by atoms with Crippen molar-refractivity contribution in [3.05, 3.63) is 0 Å². The van der Waals surface area contributed by atoms with E-state index in [2.05, 4.69) is 4.72 Å². The molecule has 1 aliphatic carbocycles. The molecule has 6 heteroatoms. The van der Waals surface area contributed by atoms with E-state index in [1.807, 2.05) is 6.92 Å². The van der Waals surface area contributed by atoms with Gasteiger partial charge >= 0.3 is 0 Å². The molecule has 0 bridgehead atoms. The summed E-state index contributed by atoms with van der Waals surface area (Å²) < 4.78 is 25.9. The molecule has 0 heterocycles. The highest BCUT2D eigenvalue weighted by molar-refractivity contribution is 7.90. The third-order valence-corrected chi connectivity index (χ3v) is 5.60. The van der Waals surface area contributed by atoms with Gasteiger partial charge in [0.2, 0.25) is 10.0 Å². The second kappa shape index (κ2) is 4.56. The Bertz CT molecular complexity index is 275. The highest BCUT2D eigenvalue weighted by atomic mass is 35.5. The summed E-state index contributed by atoms with van der Waals surface area (Å²) in [4.78, 5) is 0. The van der Waals surface area contributed by atoms with E-state index in [-0.39, 0.29) is 17.0 Å². The van der Waals surface area contributed by atoms with Crippen LogP contribution in [-0.4, -0.2) is 31.0 Å².